The highest BCUT2D eigenvalue weighted by Crippen LogP contribution is 2.14. The van der Waals surface area contributed by atoms with Crippen LogP contribution in [0, 0.1) is 0 Å². The normalized spacial score (nSPS) is 11.0. The highest BCUT2D eigenvalue weighted by Gasteiger charge is 2.08. The van der Waals surface area contributed by atoms with Crippen LogP contribution < -0.4 is 4.57 Å². The molecule has 164 valence electrons. The Bertz CT molecular complexity index is 678. The fraction of sp³-hybridized carbons (Fsp3) is 0.571. The number of hydrogen-bond donors (Lipinski definition) is 0. The van der Waals surface area contributed by atoms with E-state index in [1.807, 2.05) is 30.6 Å². The van der Waals surface area contributed by atoms with Crippen molar-refractivity contribution in [2.45, 2.75) is 103 Å². The van der Waals surface area contributed by atoms with Gasteiger partial charge in [0.25, 0.3) is 0 Å². The Morgan fingerprint density at radius 3 is 1.70 bits per heavy atom. The van der Waals surface area contributed by atoms with Gasteiger partial charge >= 0.3 is 0 Å². The van der Waals surface area contributed by atoms with Crippen molar-refractivity contribution in [3.8, 4) is 0 Å². The molecule has 0 saturated heterocycles. The minimum Gasteiger partial charge on any atom is -0.294 e. The maximum atomic E-state index is 12.4. The molecule has 0 spiro atoms. The number of ketones is 1. The number of nitrogens with zero attached hydrogens (tertiary/aromatic N) is 1. The van der Waals surface area contributed by atoms with Gasteiger partial charge in [-0.1, -0.05) is 114 Å². The van der Waals surface area contributed by atoms with Crippen LogP contribution in [0.2, 0.25) is 0 Å². The quantitative estimate of drug-likeness (QED) is 0.149. The van der Waals surface area contributed by atoms with Crippen molar-refractivity contribution in [1.29, 1.82) is 0 Å². The van der Waals surface area contributed by atoms with E-state index in [1.165, 1.54) is 82.6 Å². The molecule has 1 aromatic heterocycles. The zero-order valence-corrected chi connectivity index (χ0v) is 19.2. The number of carbonyl (C=O) groups excluding carboxylic acids is 1. The van der Waals surface area contributed by atoms with Gasteiger partial charge in [0.05, 0.1) is 0 Å². The first-order valence-electron chi connectivity index (χ1n) is 12.4. The predicted molar refractivity (Wildman–Crippen MR) is 127 cm³/mol. The molecule has 30 heavy (non-hydrogen) atoms. The van der Waals surface area contributed by atoms with Crippen LogP contribution in [0.3, 0.4) is 0 Å². The Morgan fingerprint density at radius 2 is 1.17 bits per heavy atom. The maximum absolute atomic E-state index is 12.4. The molecule has 2 rings (SSSR count). The van der Waals surface area contributed by atoms with E-state index in [4.69, 9.17) is 0 Å². The molecule has 0 bridgehead atoms. The molecule has 2 nitrogen and oxygen atoms in total. The highest BCUT2D eigenvalue weighted by molar-refractivity contribution is 5.95. The summed E-state index contributed by atoms with van der Waals surface area (Å²) >= 11 is 0. The van der Waals surface area contributed by atoms with Crippen molar-refractivity contribution < 1.29 is 9.36 Å². The van der Waals surface area contributed by atoms with Crippen LogP contribution in [0.25, 0.3) is 0 Å². The van der Waals surface area contributed by atoms with Gasteiger partial charge < -0.3 is 0 Å². The third kappa shape index (κ3) is 10.7. The molecule has 2 aromatic rings. The van der Waals surface area contributed by atoms with Crippen LogP contribution in [-0.4, -0.2) is 5.78 Å². The fourth-order valence-corrected chi connectivity index (χ4v) is 3.99. The lowest BCUT2D eigenvalue weighted by Crippen LogP contribution is -2.33. The van der Waals surface area contributed by atoms with Gasteiger partial charge in [-0.3, -0.25) is 4.79 Å². The van der Waals surface area contributed by atoms with Crippen molar-refractivity contribution in [3.63, 3.8) is 0 Å². The van der Waals surface area contributed by atoms with Crippen LogP contribution >= 0.6 is 0 Å². The van der Waals surface area contributed by atoms with Gasteiger partial charge in [-0.2, -0.15) is 0 Å². The predicted octanol–water partition coefficient (Wildman–Crippen LogP) is 7.69. The van der Waals surface area contributed by atoms with E-state index in [9.17, 15) is 4.79 Å². The topological polar surface area (TPSA) is 20.9 Å². The number of benzene rings is 1. The first kappa shape index (κ1) is 24.3. The number of hydrogen-bond acceptors (Lipinski definition) is 1. The standard InChI is InChI=1S/C28H42NO/c1-2-3-4-5-6-7-8-9-10-11-12-13-17-20-28(30)27-21-23-29(24-22-27)25-26-18-15-14-16-19-26/h14-16,18-19,21-24H,2-13,17,20,25H2,1H3/q+1. The molecule has 1 heterocycles. The summed E-state index contributed by atoms with van der Waals surface area (Å²) in [5.74, 6) is 0.282. The van der Waals surface area contributed by atoms with Gasteiger partial charge in [0.15, 0.2) is 24.7 Å². The molecule has 0 amide bonds. The van der Waals surface area contributed by atoms with E-state index in [1.54, 1.807) is 0 Å². The Kier molecular flexibility index (Phi) is 12.8. The minimum atomic E-state index is 0.282. The van der Waals surface area contributed by atoms with E-state index in [-0.39, 0.29) is 5.78 Å². The molecule has 0 atom stereocenters. The molecule has 0 saturated carbocycles. The van der Waals surface area contributed by atoms with Crippen LogP contribution in [0.5, 0.6) is 0 Å². The maximum Gasteiger partial charge on any atom is 0.173 e. The third-order valence-electron chi connectivity index (χ3n) is 5.93. The van der Waals surface area contributed by atoms with Crippen molar-refractivity contribution in [1.82, 2.24) is 0 Å². The molecule has 1 aromatic carbocycles. The Labute approximate surface area is 184 Å². The Hall–Kier alpha value is -1.96. The smallest absolute Gasteiger partial charge is 0.173 e. The summed E-state index contributed by atoms with van der Waals surface area (Å²) in [4.78, 5) is 12.4. The molecule has 0 unspecified atom stereocenters. The zero-order chi connectivity index (χ0) is 21.3. The second-order valence-corrected chi connectivity index (χ2v) is 8.66. The van der Waals surface area contributed by atoms with E-state index in [2.05, 4.69) is 35.8 Å². The summed E-state index contributed by atoms with van der Waals surface area (Å²) in [6.07, 6.45) is 22.1. The van der Waals surface area contributed by atoms with Gasteiger partial charge in [0.2, 0.25) is 0 Å². The Morgan fingerprint density at radius 1 is 0.667 bits per heavy atom. The van der Waals surface area contributed by atoms with Crippen molar-refractivity contribution in [2.75, 3.05) is 0 Å². The average molecular weight is 409 g/mol. The second-order valence-electron chi connectivity index (χ2n) is 8.66. The van der Waals surface area contributed by atoms with Crippen LogP contribution in [-0.2, 0) is 6.54 Å². The number of aromatic nitrogens is 1. The lowest BCUT2D eigenvalue weighted by atomic mass is 10.0. The molecule has 2 heteroatoms. The van der Waals surface area contributed by atoms with Crippen molar-refractivity contribution >= 4 is 5.78 Å². The summed E-state index contributed by atoms with van der Waals surface area (Å²) in [6, 6.07) is 14.3. The van der Waals surface area contributed by atoms with Gasteiger partial charge in [-0.05, 0) is 6.42 Å². The van der Waals surface area contributed by atoms with Gasteiger partial charge in [0, 0.05) is 29.7 Å². The minimum absolute atomic E-state index is 0.282. The van der Waals surface area contributed by atoms with Crippen LogP contribution in [0.15, 0.2) is 54.9 Å². The monoisotopic (exact) mass is 408 g/mol. The van der Waals surface area contributed by atoms with E-state index < -0.39 is 0 Å². The third-order valence-corrected chi connectivity index (χ3v) is 5.93. The highest BCUT2D eigenvalue weighted by atomic mass is 16.1. The van der Waals surface area contributed by atoms with Gasteiger partial charge in [-0.15, -0.1) is 0 Å². The largest absolute Gasteiger partial charge is 0.294 e. The number of rotatable bonds is 17. The molecule has 0 aliphatic carbocycles. The number of carbonyl (C=O) groups is 1. The summed E-state index contributed by atoms with van der Waals surface area (Å²) in [7, 11) is 0. The molecular formula is C28H42NO+. The molecule has 0 radical (unpaired) electrons. The van der Waals surface area contributed by atoms with Crippen LogP contribution in [0.1, 0.15) is 113 Å². The summed E-state index contributed by atoms with van der Waals surface area (Å²) < 4.78 is 2.12. The van der Waals surface area contributed by atoms with Crippen molar-refractivity contribution in [2.24, 2.45) is 0 Å². The van der Waals surface area contributed by atoms with E-state index in [0.717, 1.165) is 18.5 Å². The Balaban J connectivity index is 1.48. The molecular weight excluding hydrogens is 366 g/mol. The fourth-order valence-electron chi connectivity index (χ4n) is 3.99. The molecule has 0 N–H and O–H groups in total. The number of pyridine rings is 1. The molecule has 0 fully saturated rings. The lowest BCUT2D eigenvalue weighted by Gasteiger charge is -2.03. The summed E-state index contributed by atoms with van der Waals surface area (Å²) in [5.41, 5.74) is 2.12. The number of Topliss-reactive ketones (excluding diaryl/α,β-unsaturated/α-hetero) is 1. The van der Waals surface area contributed by atoms with E-state index >= 15 is 0 Å². The zero-order valence-electron chi connectivity index (χ0n) is 19.2. The average Bonchev–Trinajstić information content (AvgIpc) is 2.78. The van der Waals surface area contributed by atoms with Gasteiger partial charge in [-0.25, -0.2) is 4.57 Å². The summed E-state index contributed by atoms with van der Waals surface area (Å²) in [6.45, 7) is 3.12. The van der Waals surface area contributed by atoms with E-state index in [0.29, 0.717) is 6.42 Å². The first-order chi connectivity index (χ1) is 14.8. The van der Waals surface area contributed by atoms with Crippen molar-refractivity contribution in [3.05, 3.63) is 66.0 Å². The molecule has 0 aliphatic rings. The second kappa shape index (κ2) is 15.8. The lowest BCUT2D eigenvalue weighted by molar-refractivity contribution is -0.688. The van der Waals surface area contributed by atoms with Crippen LogP contribution in [0.4, 0.5) is 0 Å². The van der Waals surface area contributed by atoms with Gasteiger partial charge in [0.1, 0.15) is 0 Å². The molecule has 0 aliphatic heterocycles. The number of unbranched alkanes of at least 4 members (excludes halogenated alkanes) is 12. The summed E-state index contributed by atoms with van der Waals surface area (Å²) in [5, 5.41) is 0. The first-order valence-corrected chi connectivity index (χ1v) is 12.4. The SMILES string of the molecule is CCCCCCCCCCCCCCCC(=O)c1cc[n+](Cc2ccccc2)cc1.